The van der Waals surface area contributed by atoms with Gasteiger partial charge in [-0.3, -0.25) is 9.79 Å². The van der Waals surface area contributed by atoms with Gasteiger partial charge >= 0.3 is 0 Å². The molecule has 1 unspecified atom stereocenters. The summed E-state index contributed by atoms with van der Waals surface area (Å²) in [5, 5.41) is 0. The van der Waals surface area contributed by atoms with Crippen LogP contribution in [0.25, 0.3) is 0 Å². The van der Waals surface area contributed by atoms with E-state index in [9.17, 15) is 4.79 Å². The second-order valence-corrected chi connectivity index (χ2v) is 2.51. The zero-order chi connectivity index (χ0) is 7.68. The summed E-state index contributed by atoms with van der Waals surface area (Å²) in [4.78, 5) is 15.0. The van der Waals surface area contributed by atoms with Gasteiger partial charge in [-0.2, -0.15) is 0 Å². The summed E-state index contributed by atoms with van der Waals surface area (Å²) in [6, 6.07) is 0.0812. The van der Waals surface area contributed by atoms with Crippen LogP contribution < -0.4 is 0 Å². The van der Waals surface area contributed by atoms with Crippen LogP contribution in [0.3, 0.4) is 0 Å². The molecule has 1 atom stereocenters. The number of fused-ring (bicyclic) bond motifs is 1. The molecule has 0 saturated heterocycles. The highest BCUT2D eigenvalue weighted by molar-refractivity contribution is 6.02. The predicted octanol–water partition coefficient (Wildman–Crippen LogP) is 1.06. The second kappa shape index (κ2) is 2.31. The highest BCUT2D eigenvalue weighted by Gasteiger charge is 2.13. The molecule has 2 heteroatoms. The van der Waals surface area contributed by atoms with Gasteiger partial charge in [0.15, 0.2) is 5.78 Å². The summed E-state index contributed by atoms with van der Waals surface area (Å²) in [5.74, 6) is 0.0537. The van der Waals surface area contributed by atoms with E-state index < -0.39 is 0 Å². The number of allylic oxidation sites excluding steroid dienone is 3. The van der Waals surface area contributed by atoms with Gasteiger partial charge in [0.2, 0.25) is 0 Å². The molecule has 11 heavy (non-hydrogen) atoms. The maximum absolute atomic E-state index is 10.9. The number of nitrogens with zero attached hydrogens (tertiary/aromatic N) is 1. The molecule has 0 N–H and O–H groups in total. The van der Waals surface area contributed by atoms with Crippen molar-refractivity contribution in [1.29, 1.82) is 0 Å². The van der Waals surface area contributed by atoms with Gasteiger partial charge in [0.25, 0.3) is 0 Å². The Labute approximate surface area is 64.6 Å². The molecule has 54 valence electrons. The molecular weight excluding hydrogens is 138 g/mol. The van der Waals surface area contributed by atoms with Crippen LogP contribution in [0.2, 0.25) is 0 Å². The Balaban J connectivity index is 2.39. The molecule has 1 heterocycles. The van der Waals surface area contributed by atoms with Gasteiger partial charge < -0.3 is 0 Å². The minimum Gasteiger partial charge on any atom is -0.290 e. The third-order valence-corrected chi connectivity index (χ3v) is 1.71. The lowest BCUT2D eigenvalue weighted by Gasteiger charge is -2.14. The highest BCUT2D eigenvalue weighted by Crippen LogP contribution is 2.16. The lowest BCUT2D eigenvalue weighted by Crippen LogP contribution is -2.12. The molecule has 0 saturated carbocycles. The molecule has 0 spiro atoms. The fourth-order valence-corrected chi connectivity index (χ4v) is 1.17. The van der Waals surface area contributed by atoms with Gasteiger partial charge in [-0.1, -0.05) is 12.2 Å². The van der Waals surface area contributed by atoms with E-state index in [0.717, 1.165) is 5.57 Å². The SMILES string of the molecule is O=C1C=CC2N=CC=CC2=C1. The fraction of sp³-hybridized carbons (Fsp3) is 0.111. The fourth-order valence-electron chi connectivity index (χ4n) is 1.17. The summed E-state index contributed by atoms with van der Waals surface area (Å²) in [5.41, 5.74) is 0.986. The number of carbonyl (C=O) groups excluding carboxylic acids is 1. The lowest BCUT2D eigenvalue weighted by molar-refractivity contribution is -0.110. The second-order valence-electron chi connectivity index (χ2n) is 2.51. The number of ketones is 1. The first-order valence-corrected chi connectivity index (χ1v) is 3.50. The van der Waals surface area contributed by atoms with Crippen LogP contribution in [0, 0.1) is 0 Å². The molecule has 0 fully saturated rings. The van der Waals surface area contributed by atoms with Crippen molar-refractivity contribution < 1.29 is 4.79 Å². The minimum absolute atomic E-state index is 0.0537. The Morgan fingerprint density at radius 3 is 3.18 bits per heavy atom. The van der Waals surface area contributed by atoms with E-state index in [1.807, 2.05) is 18.2 Å². The van der Waals surface area contributed by atoms with E-state index in [0.29, 0.717) is 0 Å². The number of carbonyl (C=O) groups is 1. The molecule has 2 nitrogen and oxygen atoms in total. The topological polar surface area (TPSA) is 29.4 Å². The molecule has 2 rings (SSSR count). The molecule has 1 aliphatic carbocycles. The molecule has 2 aliphatic rings. The normalized spacial score (nSPS) is 26.7. The van der Waals surface area contributed by atoms with Gasteiger partial charge in [0.1, 0.15) is 0 Å². The maximum atomic E-state index is 10.9. The molecule has 0 aromatic rings. The smallest absolute Gasteiger partial charge is 0.178 e. The molecule has 0 aromatic carbocycles. The first kappa shape index (κ1) is 6.28. The van der Waals surface area contributed by atoms with E-state index in [1.54, 1.807) is 18.4 Å². The summed E-state index contributed by atoms with van der Waals surface area (Å²) in [6.45, 7) is 0. The van der Waals surface area contributed by atoms with Crippen molar-refractivity contribution in [2.45, 2.75) is 6.04 Å². The predicted molar refractivity (Wildman–Crippen MR) is 43.7 cm³/mol. The number of hydrogen-bond acceptors (Lipinski definition) is 2. The third kappa shape index (κ3) is 1.07. The van der Waals surface area contributed by atoms with Crippen LogP contribution in [0.15, 0.2) is 40.9 Å². The van der Waals surface area contributed by atoms with E-state index in [2.05, 4.69) is 4.99 Å². The Kier molecular flexibility index (Phi) is 1.32. The standard InChI is InChI=1S/C9H7NO/c11-8-3-4-9-7(6-8)2-1-5-10-9/h1-6,9H. The van der Waals surface area contributed by atoms with Gasteiger partial charge in [-0.05, 0) is 23.8 Å². The Morgan fingerprint density at radius 1 is 1.36 bits per heavy atom. The van der Waals surface area contributed by atoms with Crippen molar-refractivity contribution in [1.82, 2.24) is 0 Å². The first-order valence-electron chi connectivity index (χ1n) is 3.50. The van der Waals surface area contributed by atoms with Crippen LogP contribution >= 0.6 is 0 Å². The number of dihydropyridines is 1. The van der Waals surface area contributed by atoms with Crippen LogP contribution in [0.4, 0.5) is 0 Å². The minimum atomic E-state index is 0.0537. The van der Waals surface area contributed by atoms with Crippen LogP contribution in [0.1, 0.15) is 0 Å². The van der Waals surface area contributed by atoms with Crippen molar-refractivity contribution in [3.8, 4) is 0 Å². The lowest BCUT2D eigenvalue weighted by atomic mass is 9.98. The van der Waals surface area contributed by atoms with Crippen LogP contribution in [-0.4, -0.2) is 18.0 Å². The zero-order valence-electron chi connectivity index (χ0n) is 5.90. The van der Waals surface area contributed by atoms with Crippen molar-refractivity contribution in [3.05, 3.63) is 36.0 Å². The third-order valence-electron chi connectivity index (χ3n) is 1.71. The van der Waals surface area contributed by atoms with Crippen molar-refractivity contribution in [3.63, 3.8) is 0 Å². The Morgan fingerprint density at radius 2 is 2.27 bits per heavy atom. The van der Waals surface area contributed by atoms with E-state index in [1.165, 1.54) is 0 Å². The Bertz CT molecular complexity index is 308. The van der Waals surface area contributed by atoms with Gasteiger partial charge in [-0.15, -0.1) is 0 Å². The molecule has 0 aromatic heterocycles. The molecule has 0 radical (unpaired) electrons. The van der Waals surface area contributed by atoms with Gasteiger partial charge in [-0.25, -0.2) is 0 Å². The van der Waals surface area contributed by atoms with E-state index >= 15 is 0 Å². The Hall–Kier alpha value is -1.44. The number of rotatable bonds is 0. The van der Waals surface area contributed by atoms with E-state index in [-0.39, 0.29) is 11.8 Å². The van der Waals surface area contributed by atoms with Crippen molar-refractivity contribution in [2.75, 3.05) is 0 Å². The molecule has 0 amide bonds. The van der Waals surface area contributed by atoms with Crippen LogP contribution in [-0.2, 0) is 4.79 Å². The first-order chi connectivity index (χ1) is 5.36. The van der Waals surface area contributed by atoms with Crippen molar-refractivity contribution >= 4 is 12.0 Å². The van der Waals surface area contributed by atoms with Crippen LogP contribution in [0.5, 0.6) is 0 Å². The molecule has 1 aliphatic heterocycles. The summed E-state index contributed by atoms with van der Waals surface area (Å²) < 4.78 is 0. The number of hydrogen-bond donors (Lipinski definition) is 0. The monoisotopic (exact) mass is 145 g/mol. The average molecular weight is 145 g/mol. The highest BCUT2D eigenvalue weighted by atomic mass is 16.1. The van der Waals surface area contributed by atoms with Gasteiger partial charge in [0, 0.05) is 6.21 Å². The average Bonchev–Trinajstić information content (AvgIpc) is 2.04. The summed E-state index contributed by atoms with van der Waals surface area (Å²) in [6.07, 6.45) is 10.5. The summed E-state index contributed by atoms with van der Waals surface area (Å²) in [7, 11) is 0. The zero-order valence-corrected chi connectivity index (χ0v) is 5.90. The van der Waals surface area contributed by atoms with E-state index in [4.69, 9.17) is 0 Å². The van der Waals surface area contributed by atoms with Gasteiger partial charge in [0.05, 0.1) is 6.04 Å². The van der Waals surface area contributed by atoms with Crippen molar-refractivity contribution in [2.24, 2.45) is 4.99 Å². The molecule has 0 bridgehead atoms. The molecular formula is C9H7NO. The quantitative estimate of drug-likeness (QED) is 0.501. The maximum Gasteiger partial charge on any atom is 0.178 e. The number of aliphatic imine (C=N–C) groups is 1. The summed E-state index contributed by atoms with van der Waals surface area (Å²) >= 11 is 0. The largest absolute Gasteiger partial charge is 0.290 e.